The molecule has 4 rings (SSSR count). The molecule has 24 heavy (non-hydrogen) atoms. The Morgan fingerprint density at radius 2 is 1.62 bits per heavy atom. The lowest BCUT2D eigenvalue weighted by Crippen LogP contribution is -2.41. The van der Waals surface area contributed by atoms with Crippen molar-refractivity contribution in [2.75, 3.05) is 4.90 Å². The molecular weight excluding hydrogens is 300 g/mol. The lowest BCUT2D eigenvalue weighted by molar-refractivity contribution is -0.126. The van der Waals surface area contributed by atoms with Crippen LogP contribution >= 0.6 is 0 Å². The van der Waals surface area contributed by atoms with Gasteiger partial charge in [-0.15, -0.1) is 0 Å². The number of hydrogen-bond acceptors (Lipinski definition) is 3. The Morgan fingerprint density at radius 3 is 2.38 bits per heavy atom. The first-order chi connectivity index (χ1) is 11.8. The molecule has 0 bridgehead atoms. The molecule has 118 valence electrons. The van der Waals surface area contributed by atoms with Gasteiger partial charge in [-0.25, -0.2) is 4.98 Å². The van der Waals surface area contributed by atoms with E-state index in [1.54, 1.807) is 11.1 Å². The van der Waals surface area contributed by atoms with E-state index in [0.717, 1.165) is 11.1 Å². The summed E-state index contributed by atoms with van der Waals surface area (Å²) in [7, 11) is 0. The zero-order valence-corrected chi connectivity index (χ0v) is 13.0. The number of carbonyl (C=O) groups is 1. The number of anilines is 1. The minimum atomic E-state index is -0.647. The molecule has 0 radical (unpaired) electrons. The predicted molar refractivity (Wildman–Crippen MR) is 91.7 cm³/mol. The minimum absolute atomic E-state index is 0.101. The topological polar surface area (TPSA) is 42.4 Å². The van der Waals surface area contributed by atoms with Gasteiger partial charge in [0, 0.05) is 11.8 Å². The Kier molecular flexibility index (Phi) is 3.71. The number of nitrogens with zero attached hydrogens (tertiary/aromatic N) is 2. The molecule has 0 saturated carbocycles. The Bertz CT molecular complexity index is 850. The van der Waals surface area contributed by atoms with Crippen LogP contribution in [0.1, 0.15) is 17.2 Å². The number of ether oxygens (including phenoxy) is 1. The normalized spacial score (nSPS) is 16.4. The first-order valence-electron chi connectivity index (χ1n) is 7.85. The molecule has 0 fully saturated rings. The molecule has 1 atom stereocenters. The van der Waals surface area contributed by atoms with Crippen LogP contribution in [-0.2, 0) is 11.3 Å². The van der Waals surface area contributed by atoms with Gasteiger partial charge >= 0.3 is 0 Å². The van der Waals surface area contributed by atoms with Crippen molar-refractivity contribution in [3.8, 4) is 5.75 Å². The summed E-state index contributed by atoms with van der Waals surface area (Å²) < 4.78 is 5.94. The highest BCUT2D eigenvalue weighted by molar-refractivity contribution is 5.99. The van der Waals surface area contributed by atoms with Gasteiger partial charge in [0.05, 0.1) is 6.54 Å². The summed E-state index contributed by atoms with van der Waals surface area (Å²) in [6.45, 7) is 0.469. The molecule has 1 aromatic heterocycles. The molecule has 1 amide bonds. The molecule has 1 unspecified atom stereocenters. The van der Waals surface area contributed by atoms with Gasteiger partial charge in [0.25, 0.3) is 5.91 Å². The molecule has 0 saturated heterocycles. The molecular formula is C20H16N2O2. The Labute approximate surface area is 140 Å². The lowest BCUT2D eigenvalue weighted by atomic mass is 10.1. The average Bonchev–Trinajstić information content (AvgIpc) is 2.65. The Balaban J connectivity index is 1.74. The van der Waals surface area contributed by atoms with Crippen LogP contribution in [0.2, 0.25) is 0 Å². The number of pyridine rings is 1. The zero-order valence-electron chi connectivity index (χ0n) is 13.0. The third kappa shape index (κ3) is 2.63. The monoisotopic (exact) mass is 316 g/mol. The standard InChI is InChI=1S/C20H16N2O2/c23-20-18(16-10-5-2-6-11-16)24-17-12-7-13-21-19(17)22(20)14-15-8-3-1-4-9-15/h1-13,18H,14H2. The average molecular weight is 316 g/mol. The highest BCUT2D eigenvalue weighted by Crippen LogP contribution is 2.37. The van der Waals surface area contributed by atoms with E-state index in [1.807, 2.05) is 72.8 Å². The molecule has 0 spiro atoms. The van der Waals surface area contributed by atoms with Crippen molar-refractivity contribution < 1.29 is 9.53 Å². The molecule has 3 aromatic rings. The number of fused-ring (bicyclic) bond motifs is 1. The summed E-state index contributed by atoms with van der Waals surface area (Å²) in [5, 5.41) is 0. The lowest BCUT2D eigenvalue weighted by Gasteiger charge is -2.33. The maximum atomic E-state index is 13.1. The maximum Gasteiger partial charge on any atom is 0.274 e. The number of hydrogen-bond donors (Lipinski definition) is 0. The number of aromatic nitrogens is 1. The van der Waals surface area contributed by atoms with Crippen LogP contribution in [0.25, 0.3) is 0 Å². The number of amides is 1. The molecule has 1 aliphatic heterocycles. The minimum Gasteiger partial charge on any atom is -0.472 e. The molecule has 0 aliphatic carbocycles. The molecule has 0 N–H and O–H groups in total. The highest BCUT2D eigenvalue weighted by atomic mass is 16.5. The van der Waals surface area contributed by atoms with Gasteiger partial charge in [-0.05, 0) is 17.7 Å². The fourth-order valence-electron chi connectivity index (χ4n) is 2.86. The molecule has 1 aliphatic rings. The summed E-state index contributed by atoms with van der Waals surface area (Å²) in [5.41, 5.74) is 1.89. The Hall–Kier alpha value is -3.14. The first kappa shape index (κ1) is 14.5. The van der Waals surface area contributed by atoms with Crippen LogP contribution in [0.5, 0.6) is 5.75 Å². The smallest absolute Gasteiger partial charge is 0.274 e. The SMILES string of the molecule is O=C1C(c2ccccc2)Oc2cccnc2N1Cc1ccccc1. The molecule has 4 heteroatoms. The van der Waals surface area contributed by atoms with Crippen LogP contribution in [0.15, 0.2) is 79.0 Å². The molecule has 4 nitrogen and oxygen atoms in total. The summed E-state index contributed by atoms with van der Waals surface area (Å²) in [4.78, 5) is 19.1. The van der Waals surface area contributed by atoms with E-state index in [9.17, 15) is 4.79 Å². The number of rotatable bonds is 3. The van der Waals surface area contributed by atoms with Crippen molar-refractivity contribution in [3.63, 3.8) is 0 Å². The second kappa shape index (κ2) is 6.16. The fraction of sp³-hybridized carbons (Fsp3) is 0.100. The van der Waals surface area contributed by atoms with Gasteiger partial charge in [-0.1, -0.05) is 60.7 Å². The highest BCUT2D eigenvalue weighted by Gasteiger charge is 2.36. The van der Waals surface area contributed by atoms with Crippen molar-refractivity contribution in [3.05, 3.63) is 90.1 Å². The van der Waals surface area contributed by atoms with Crippen molar-refractivity contribution in [1.82, 2.24) is 4.98 Å². The Morgan fingerprint density at radius 1 is 0.917 bits per heavy atom. The van der Waals surface area contributed by atoms with Gasteiger partial charge in [-0.3, -0.25) is 9.69 Å². The van der Waals surface area contributed by atoms with Crippen molar-refractivity contribution in [1.29, 1.82) is 0 Å². The third-order valence-corrected chi connectivity index (χ3v) is 4.03. The second-order valence-electron chi connectivity index (χ2n) is 5.64. The van der Waals surface area contributed by atoms with E-state index in [4.69, 9.17) is 4.74 Å². The quantitative estimate of drug-likeness (QED) is 0.739. The van der Waals surface area contributed by atoms with Crippen LogP contribution < -0.4 is 9.64 Å². The van der Waals surface area contributed by atoms with E-state index in [1.165, 1.54) is 0 Å². The van der Waals surface area contributed by atoms with Crippen LogP contribution in [-0.4, -0.2) is 10.9 Å². The van der Waals surface area contributed by atoms with Gasteiger partial charge in [0.15, 0.2) is 11.6 Å². The predicted octanol–water partition coefficient (Wildman–Crippen LogP) is 3.75. The third-order valence-electron chi connectivity index (χ3n) is 4.03. The van der Waals surface area contributed by atoms with E-state index in [-0.39, 0.29) is 5.91 Å². The van der Waals surface area contributed by atoms with E-state index < -0.39 is 6.10 Å². The van der Waals surface area contributed by atoms with Crippen LogP contribution in [0.4, 0.5) is 5.82 Å². The zero-order chi connectivity index (χ0) is 16.4. The molecule has 2 aromatic carbocycles. The second-order valence-corrected chi connectivity index (χ2v) is 5.64. The van der Waals surface area contributed by atoms with Gasteiger partial charge in [0.1, 0.15) is 0 Å². The van der Waals surface area contributed by atoms with Crippen LogP contribution in [0, 0.1) is 0 Å². The fourth-order valence-corrected chi connectivity index (χ4v) is 2.86. The first-order valence-corrected chi connectivity index (χ1v) is 7.85. The van der Waals surface area contributed by atoms with Crippen LogP contribution in [0.3, 0.4) is 0 Å². The molecule has 2 heterocycles. The van der Waals surface area contributed by atoms with Crippen molar-refractivity contribution in [2.45, 2.75) is 12.6 Å². The summed E-state index contributed by atoms with van der Waals surface area (Å²) in [5.74, 6) is 1.09. The van der Waals surface area contributed by atoms with Crippen molar-refractivity contribution in [2.24, 2.45) is 0 Å². The van der Waals surface area contributed by atoms with E-state index in [2.05, 4.69) is 4.98 Å². The van der Waals surface area contributed by atoms with E-state index in [0.29, 0.717) is 18.1 Å². The van der Waals surface area contributed by atoms with Gasteiger partial charge in [-0.2, -0.15) is 0 Å². The number of carbonyl (C=O) groups excluding carboxylic acids is 1. The summed E-state index contributed by atoms with van der Waals surface area (Å²) >= 11 is 0. The number of benzene rings is 2. The van der Waals surface area contributed by atoms with Crippen molar-refractivity contribution >= 4 is 11.7 Å². The van der Waals surface area contributed by atoms with Gasteiger partial charge < -0.3 is 4.74 Å². The largest absolute Gasteiger partial charge is 0.472 e. The van der Waals surface area contributed by atoms with Gasteiger partial charge in [0.2, 0.25) is 6.10 Å². The summed E-state index contributed by atoms with van der Waals surface area (Å²) in [6, 6.07) is 23.1. The summed E-state index contributed by atoms with van der Waals surface area (Å²) in [6.07, 6.45) is 1.03. The maximum absolute atomic E-state index is 13.1. The van der Waals surface area contributed by atoms with E-state index >= 15 is 0 Å².